The van der Waals surface area contributed by atoms with Gasteiger partial charge in [-0.05, 0) is 38.3 Å². The maximum absolute atomic E-state index is 4.35. The maximum Gasteiger partial charge on any atom is 0.0558 e. The summed E-state index contributed by atoms with van der Waals surface area (Å²) in [5.41, 5.74) is 2.91. The van der Waals surface area contributed by atoms with E-state index in [0.717, 1.165) is 13.1 Å². The Morgan fingerprint density at radius 3 is 2.83 bits per heavy atom. The molecule has 0 bridgehead atoms. The van der Waals surface area contributed by atoms with Crippen molar-refractivity contribution in [3.8, 4) is 0 Å². The van der Waals surface area contributed by atoms with Gasteiger partial charge in [-0.2, -0.15) is 0 Å². The number of aromatic nitrogens is 1. The third-order valence-corrected chi connectivity index (χ3v) is 4.53. The quantitative estimate of drug-likeness (QED) is 0.824. The van der Waals surface area contributed by atoms with Crippen molar-refractivity contribution in [1.82, 2.24) is 10.3 Å². The van der Waals surface area contributed by atoms with E-state index in [-0.39, 0.29) is 0 Å². The standard InChI is InChI=1S/C15H23N3/c1-12-7-14(10-16-8-12)18-11-15(5-3-4-6-15)17-9-13(18)2/h7-8,10,13,17H,3-6,9,11H2,1-2H3. The van der Waals surface area contributed by atoms with E-state index >= 15 is 0 Å². The number of nitrogens with one attached hydrogen (secondary N) is 1. The Bertz CT molecular complexity index is 424. The Morgan fingerprint density at radius 1 is 1.33 bits per heavy atom. The van der Waals surface area contributed by atoms with Gasteiger partial charge in [-0.15, -0.1) is 0 Å². The van der Waals surface area contributed by atoms with E-state index in [1.54, 1.807) is 0 Å². The molecule has 1 aliphatic heterocycles. The Labute approximate surface area is 110 Å². The summed E-state index contributed by atoms with van der Waals surface area (Å²) >= 11 is 0. The predicted octanol–water partition coefficient (Wildman–Crippen LogP) is 2.50. The van der Waals surface area contributed by atoms with Crippen molar-refractivity contribution in [2.24, 2.45) is 0 Å². The van der Waals surface area contributed by atoms with Gasteiger partial charge in [-0.3, -0.25) is 4.98 Å². The largest absolute Gasteiger partial charge is 0.364 e. The first-order chi connectivity index (χ1) is 8.69. The first kappa shape index (κ1) is 12.0. The molecule has 18 heavy (non-hydrogen) atoms. The van der Waals surface area contributed by atoms with Gasteiger partial charge in [0.05, 0.1) is 11.9 Å². The number of rotatable bonds is 1. The second kappa shape index (κ2) is 4.54. The van der Waals surface area contributed by atoms with Crippen LogP contribution in [0.2, 0.25) is 0 Å². The third kappa shape index (κ3) is 2.12. The van der Waals surface area contributed by atoms with Crippen molar-refractivity contribution in [1.29, 1.82) is 0 Å². The van der Waals surface area contributed by atoms with E-state index in [9.17, 15) is 0 Å². The first-order valence-corrected chi connectivity index (χ1v) is 7.12. The lowest BCUT2D eigenvalue weighted by atomic mass is 9.92. The van der Waals surface area contributed by atoms with Crippen LogP contribution in [0.5, 0.6) is 0 Å². The molecule has 1 atom stereocenters. The summed E-state index contributed by atoms with van der Waals surface area (Å²) in [6, 6.07) is 2.82. The third-order valence-electron chi connectivity index (χ3n) is 4.53. The van der Waals surface area contributed by atoms with Gasteiger partial charge < -0.3 is 10.2 Å². The van der Waals surface area contributed by atoms with Gasteiger partial charge in [0.25, 0.3) is 0 Å². The van der Waals surface area contributed by atoms with Crippen LogP contribution < -0.4 is 10.2 Å². The van der Waals surface area contributed by atoms with Crippen molar-refractivity contribution in [3.05, 3.63) is 24.0 Å². The minimum atomic E-state index is 0.371. The number of hydrogen-bond donors (Lipinski definition) is 1. The Morgan fingerprint density at radius 2 is 2.11 bits per heavy atom. The van der Waals surface area contributed by atoms with Crippen molar-refractivity contribution in [2.45, 2.75) is 51.1 Å². The molecule has 1 saturated heterocycles. The fraction of sp³-hybridized carbons (Fsp3) is 0.667. The van der Waals surface area contributed by atoms with E-state index in [2.05, 4.69) is 35.1 Å². The number of pyridine rings is 1. The molecule has 98 valence electrons. The van der Waals surface area contributed by atoms with Gasteiger partial charge in [0.1, 0.15) is 0 Å². The monoisotopic (exact) mass is 245 g/mol. The number of anilines is 1. The number of piperazine rings is 1. The maximum atomic E-state index is 4.35. The lowest BCUT2D eigenvalue weighted by Crippen LogP contribution is -2.62. The molecule has 0 radical (unpaired) electrons. The average molecular weight is 245 g/mol. The smallest absolute Gasteiger partial charge is 0.0558 e. The van der Waals surface area contributed by atoms with Crippen molar-refractivity contribution in [2.75, 3.05) is 18.0 Å². The minimum absolute atomic E-state index is 0.371. The molecular formula is C15H23N3. The molecule has 0 amide bonds. The van der Waals surface area contributed by atoms with E-state index in [0.29, 0.717) is 11.6 Å². The number of nitrogens with zero attached hydrogens (tertiary/aromatic N) is 2. The summed E-state index contributed by atoms with van der Waals surface area (Å²) in [4.78, 5) is 6.89. The molecule has 1 spiro atoms. The van der Waals surface area contributed by atoms with Gasteiger partial charge in [0, 0.05) is 30.9 Å². The Balaban J connectivity index is 1.85. The van der Waals surface area contributed by atoms with E-state index in [1.807, 2.05) is 12.4 Å². The van der Waals surface area contributed by atoms with Crippen molar-refractivity contribution in [3.63, 3.8) is 0 Å². The Hall–Kier alpha value is -1.09. The lowest BCUT2D eigenvalue weighted by molar-refractivity contribution is 0.276. The molecule has 1 aromatic rings. The zero-order valence-electron chi connectivity index (χ0n) is 11.4. The first-order valence-electron chi connectivity index (χ1n) is 7.12. The van der Waals surface area contributed by atoms with Gasteiger partial charge in [-0.1, -0.05) is 12.8 Å². The van der Waals surface area contributed by atoms with Crippen LogP contribution in [0.4, 0.5) is 5.69 Å². The average Bonchev–Trinajstić information content (AvgIpc) is 2.81. The minimum Gasteiger partial charge on any atom is -0.364 e. The highest BCUT2D eigenvalue weighted by molar-refractivity contribution is 5.48. The fourth-order valence-electron chi connectivity index (χ4n) is 3.44. The molecule has 1 aromatic heterocycles. The highest BCUT2D eigenvalue weighted by Crippen LogP contribution is 2.34. The van der Waals surface area contributed by atoms with Crippen LogP contribution in [0.3, 0.4) is 0 Å². The van der Waals surface area contributed by atoms with Crippen LogP contribution in [0.25, 0.3) is 0 Å². The van der Waals surface area contributed by atoms with Crippen molar-refractivity contribution < 1.29 is 0 Å². The van der Waals surface area contributed by atoms with Crippen LogP contribution in [0.1, 0.15) is 38.2 Å². The highest BCUT2D eigenvalue weighted by Gasteiger charge is 2.39. The molecule has 3 heteroatoms. The summed E-state index contributed by atoms with van der Waals surface area (Å²) < 4.78 is 0. The van der Waals surface area contributed by atoms with Gasteiger partial charge >= 0.3 is 0 Å². The summed E-state index contributed by atoms with van der Waals surface area (Å²) in [6.07, 6.45) is 9.35. The van der Waals surface area contributed by atoms with Gasteiger partial charge in [-0.25, -0.2) is 0 Å². The summed E-state index contributed by atoms with van der Waals surface area (Å²) in [7, 11) is 0. The Kier molecular flexibility index (Phi) is 3.02. The molecule has 2 heterocycles. The zero-order chi connectivity index (χ0) is 12.6. The topological polar surface area (TPSA) is 28.2 Å². The van der Waals surface area contributed by atoms with Crippen LogP contribution in [-0.2, 0) is 0 Å². The van der Waals surface area contributed by atoms with E-state index in [1.165, 1.54) is 36.9 Å². The zero-order valence-corrected chi connectivity index (χ0v) is 11.4. The van der Waals surface area contributed by atoms with Gasteiger partial charge in [0.2, 0.25) is 0 Å². The molecule has 1 N–H and O–H groups in total. The highest BCUT2D eigenvalue weighted by atomic mass is 15.3. The molecule has 1 saturated carbocycles. The van der Waals surface area contributed by atoms with Crippen LogP contribution >= 0.6 is 0 Å². The molecule has 2 fully saturated rings. The molecule has 3 nitrogen and oxygen atoms in total. The second-order valence-corrected chi connectivity index (χ2v) is 6.07. The summed E-state index contributed by atoms with van der Waals surface area (Å²) in [6.45, 7) is 6.65. The molecule has 3 rings (SSSR count). The van der Waals surface area contributed by atoms with E-state index < -0.39 is 0 Å². The van der Waals surface area contributed by atoms with E-state index in [4.69, 9.17) is 0 Å². The molecule has 2 aliphatic rings. The summed E-state index contributed by atoms with van der Waals surface area (Å²) in [5.74, 6) is 0. The lowest BCUT2D eigenvalue weighted by Gasteiger charge is -2.46. The normalized spacial score (nSPS) is 26.8. The van der Waals surface area contributed by atoms with Crippen LogP contribution in [0, 0.1) is 6.92 Å². The second-order valence-electron chi connectivity index (χ2n) is 6.07. The predicted molar refractivity (Wildman–Crippen MR) is 75.0 cm³/mol. The molecule has 1 aliphatic carbocycles. The summed E-state index contributed by atoms with van der Waals surface area (Å²) in [5, 5.41) is 3.80. The van der Waals surface area contributed by atoms with Crippen LogP contribution in [0.15, 0.2) is 18.5 Å². The number of aryl methyl sites for hydroxylation is 1. The SMILES string of the molecule is Cc1cncc(N2CC3(CCCC3)NCC2C)c1. The van der Waals surface area contributed by atoms with Gasteiger partial charge in [0.15, 0.2) is 0 Å². The fourth-order valence-corrected chi connectivity index (χ4v) is 3.44. The molecule has 0 aromatic carbocycles. The van der Waals surface area contributed by atoms with Crippen LogP contribution in [-0.4, -0.2) is 29.7 Å². The van der Waals surface area contributed by atoms with Crippen molar-refractivity contribution >= 4 is 5.69 Å². The molecule has 1 unspecified atom stereocenters. The molecular weight excluding hydrogens is 222 g/mol. The number of hydrogen-bond acceptors (Lipinski definition) is 3.